The standard InChI is InChI=1S/C13H18BrNO3S/c1-9(11-6-5-7-12(14)8-11)19(17,18)10(2)13(16)15(3)4/h5-10H,1-4H3. The van der Waals surface area contributed by atoms with Gasteiger partial charge in [0.15, 0.2) is 9.84 Å². The molecule has 0 fully saturated rings. The van der Waals surface area contributed by atoms with E-state index in [0.717, 1.165) is 4.47 Å². The van der Waals surface area contributed by atoms with Crippen LogP contribution in [0, 0.1) is 0 Å². The maximum absolute atomic E-state index is 12.4. The first-order valence-electron chi connectivity index (χ1n) is 5.87. The number of amides is 1. The van der Waals surface area contributed by atoms with Crippen LogP contribution >= 0.6 is 15.9 Å². The van der Waals surface area contributed by atoms with Crippen molar-refractivity contribution < 1.29 is 13.2 Å². The molecule has 1 rings (SSSR count). The van der Waals surface area contributed by atoms with Crippen molar-refractivity contribution in [1.29, 1.82) is 0 Å². The zero-order valence-electron chi connectivity index (χ0n) is 11.4. The molecule has 0 aliphatic carbocycles. The zero-order valence-corrected chi connectivity index (χ0v) is 13.8. The minimum absolute atomic E-state index is 0.401. The van der Waals surface area contributed by atoms with E-state index in [1.165, 1.54) is 11.8 Å². The number of halogens is 1. The summed E-state index contributed by atoms with van der Waals surface area (Å²) < 4.78 is 25.7. The lowest BCUT2D eigenvalue weighted by Crippen LogP contribution is -2.38. The molecular weight excluding hydrogens is 330 g/mol. The van der Waals surface area contributed by atoms with Gasteiger partial charge in [-0.25, -0.2) is 8.42 Å². The van der Waals surface area contributed by atoms with Crippen LogP contribution in [0.4, 0.5) is 0 Å². The summed E-state index contributed by atoms with van der Waals surface area (Å²) in [6.45, 7) is 3.04. The summed E-state index contributed by atoms with van der Waals surface area (Å²) in [5.41, 5.74) is 0.674. The summed E-state index contributed by atoms with van der Waals surface area (Å²) in [6.07, 6.45) is 0. The molecule has 0 aromatic heterocycles. The fraction of sp³-hybridized carbons (Fsp3) is 0.462. The topological polar surface area (TPSA) is 54.5 Å². The van der Waals surface area contributed by atoms with Gasteiger partial charge in [-0.1, -0.05) is 28.1 Å². The molecule has 0 aliphatic rings. The van der Waals surface area contributed by atoms with Crippen LogP contribution in [0.3, 0.4) is 0 Å². The van der Waals surface area contributed by atoms with Crippen LogP contribution in [0.1, 0.15) is 24.7 Å². The molecule has 0 spiro atoms. The highest BCUT2D eigenvalue weighted by molar-refractivity contribution is 9.10. The molecule has 2 unspecified atom stereocenters. The summed E-state index contributed by atoms with van der Waals surface area (Å²) in [4.78, 5) is 13.1. The Balaban J connectivity index is 3.10. The van der Waals surface area contributed by atoms with Crippen molar-refractivity contribution in [2.24, 2.45) is 0 Å². The van der Waals surface area contributed by atoms with Crippen molar-refractivity contribution in [2.75, 3.05) is 14.1 Å². The number of nitrogens with zero attached hydrogens (tertiary/aromatic N) is 1. The Hall–Kier alpha value is -0.880. The Morgan fingerprint density at radius 2 is 1.84 bits per heavy atom. The van der Waals surface area contributed by atoms with Crippen LogP contribution in [-0.4, -0.2) is 38.6 Å². The highest BCUT2D eigenvalue weighted by atomic mass is 79.9. The SMILES string of the molecule is CC(C(=O)N(C)C)S(=O)(=O)C(C)c1cccc(Br)c1. The summed E-state index contributed by atoms with van der Waals surface area (Å²) >= 11 is 3.32. The van der Waals surface area contributed by atoms with E-state index in [1.807, 2.05) is 6.07 Å². The Bertz CT molecular complexity index is 569. The average molecular weight is 348 g/mol. The van der Waals surface area contributed by atoms with Gasteiger partial charge in [-0.3, -0.25) is 4.79 Å². The predicted molar refractivity (Wildman–Crippen MR) is 79.6 cm³/mol. The first-order chi connectivity index (χ1) is 8.67. The lowest BCUT2D eigenvalue weighted by Gasteiger charge is -2.21. The minimum atomic E-state index is -3.57. The third-order valence-corrected chi connectivity index (χ3v) is 6.03. The molecule has 106 valence electrons. The van der Waals surface area contributed by atoms with Gasteiger partial charge >= 0.3 is 0 Å². The van der Waals surface area contributed by atoms with E-state index in [4.69, 9.17) is 0 Å². The fourth-order valence-corrected chi connectivity index (χ4v) is 3.81. The first kappa shape index (κ1) is 16.2. The number of sulfone groups is 1. The molecule has 0 heterocycles. The van der Waals surface area contributed by atoms with Gasteiger partial charge in [0.2, 0.25) is 5.91 Å². The summed E-state index contributed by atoms with van der Waals surface area (Å²) in [5.74, 6) is -0.401. The maximum atomic E-state index is 12.4. The molecule has 6 heteroatoms. The molecule has 0 saturated heterocycles. The van der Waals surface area contributed by atoms with Crippen molar-refractivity contribution in [3.63, 3.8) is 0 Å². The quantitative estimate of drug-likeness (QED) is 0.840. The molecule has 0 saturated carbocycles. The summed E-state index contributed by atoms with van der Waals surface area (Å²) in [7, 11) is -0.458. The Morgan fingerprint density at radius 3 is 2.32 bits per heavy atom. The Kier molecular flexibility index (Phi) is 5.15. The van der Waals surface area contributed by atoms with Crippen molar-refractivity contribution >= 4 is 31.7 Å². The number of carbonyl (C=O) groups excluding carboxylic acids is 1. The van der Waals surface area contributed by atoms with Gasteiger partial charge in [-0.15, -0.1) is 0 Å². The van der Waals surface area contributed by atoms with E-state index in [0.29, 0.717) is 5.56 Å². The molecule has 0 N–H and O–H groups in total. The van der Waals surface area contributed by atoms with Crippen LogP contribution in [-0.2, 0) is 14.6 Å². The molecule has 0 bridgehead atoms. The molecule has 1 aromatic rings. The van der Waals surface area contributed by atoms with Crippen molar-refractivity contribution in [1.82, 2.24) is 4.90 Å². The largest absolute Gasteiger partial charge is 0.348 e. The predicted octanol–water partition coefficient (Wildman–Crippen LogP) is 2.40. The van der Waals surface area contributed by atoms with E-state index in [1.54, 1.807) is 39.2 Å². The van der Waals surface area contributed by atoms with Crippen LogP contribution < -0.4 is 0 Å². The Labute approximate surface area is 122 Å². The van der Waals surface area contributed by atoms with Gasteiger partial charge in [0.1, 0.15) is 5.25 Å². The van der Waals surface area contributed by atoms with E-state index >= 15 is 0 Å². The van der Waals surface area contributed by atoms with Gasteiger partial charge in [0.25, 0.3) is 0 Å². The van der Waals surface area contributed by atoms with Gasteiger partial charge in [-0.2, -0.15) is 0 Å². The number of hydrogen-bond donors (Lipinski definition) is 0. The van der Waals surface area contributed by atoms with Crippen LogP contribution in [0.2, 0.25) is 0 Å². The number of benzene rings is 1. The number of carbonyl (C=O) groups is 1. The second-order valence-electron chi connectivity index (χ2n) is 4.66. The third kappa shape index (κ3) is 3.57. The van der Waals surface area contributed by atoms with Crippen LogP contribution in [0.25, 0.3) is 0 Å². The summed E-state index contributed by atoms with van der Waals surface area (Å²) in [5, 5.41) is -1.76. The molecule has 1 aromatic carbocycles. The molecule has 0 aliphatic heterocycles. The van der Waals surface area contributed by atoms with Crippen LogP contribution in [0.5, 0.6) is 0 Å². The molecular formula is C13H18BrNO3S. The molecule has 2 atom stereocenters. The second-order valence-corrected chi connectivity index (χ2v) is 8.17. The van der Waals surface area contributed by atoms with E-state index in [2.05, 4.69) is 15.9 Å². The number of rotatable bonds is 4. The maximum Gasteiger partial charge on any atom is 0.240 e. The smallest absolute Gasteiger partial charge is 0.240 e. The zero-order chi connectivity index (χ0) is 14.8. The lowest BCUT2D eigenvalue weighted by atomic mass is 10.2. The van der Waals surface area contributed by atoms with E-state index < -0.39 is 26.2 Å². The van der Waals surface area contributed by atoms with Gasteiger partial charge in [0, 0.05) is 18.6 Å². The second kappa shape index (κ2) is 6.05. The van der Waals surface area contributed by atoms with Gasteiger partial charge in [0.05, 0.1) is 5.25 Å². The Morgan fingerprint density at radius 1 is 1.26 bits per heavy atom. The molecule has 0 radical (unpaired) electrons. The highest BCUT2D eigenvalue weighted by Crippen LogP contribution is 2.27. The number of hydrogen-bond acceptors (Lipinski definition) is 3. The highest BCUT2D eigenvalue weighted by Gasteiger charge is 2.34. The van der Waals surface area contributed by atoms with Crippen molar-refractivity contribution in [3.05, 3.63) is 34.3 Å². The lowest BCUT2D eigenvalue weighted by molar-refractivity contribution is -0.127. The van der Waals surface area contributed by atoms with Crippen molar-refractivity contribution in [3.8, 4) is 0 Å². The summed E-state index contributed by atoms with van der Waals surface area (Å²) in [6, 6.07) is 7.12. The molecule has 1 amide bonds. The van der Waals surface area contributed by atoms with E-state index in [-0.39, 0.29) is 0 Å². The molecule has 4 nitrogen and oxygen atoms in total. The monoisotopic (exact) mass is 347 g/mol. The van der Waals surface area contributed by atoms with Gasteiger partial charge < -0.3 is 4.90 Å². The van der Waals surface area contributed by atoms with Crippen molar-refractivity contribution in [2.45, 2.75) is 24.3 Å². The fourth-order valence-electron chi connectivity index (χ4n) is 1.76. The third-order valence-electron chi connectivity index (χ3n) is 3.09. The van der Waals surface area contributed by atoms with Crippen LogP contribution in [0.15, 0.2) is 28.7 Å². The first-order valence-corrected chi connectivity index (χ1v) is 8.27. The average Bonchev–Trinajstić information content (AvgIpc) is 2.35. The van der Waals surface area contributed by atoms with E-state index in [9.17, 15) is 13.2 Å². The normalized spacial score (nSPS) is 14.8. The van der Waals surface area contributed by atoms with Gasteiger partial charge in [-0.05, 0) is 31.5 Å². The minimum Gasteiger partial charge on any atom is -0.348 e. The molecule has 19 heavy (non-hydrogen) atoms.